The third kappa shape index (κ3) is 7.22. The molecular formula is C20H22Br3F4N5O4. The van der Waals surface area contributed by atoms with Crippen LogP contribution in [0.4, 0.5) is 33.7 Å². The van der Waals surface area contributed by atoms with Crippen LogP contribution in [0.1, 0.15) is 6.92 Å². The molecule has 0 aromatic heterocycles. The maximum Gasteiger partial charge on any atom is 0.471 e. The Kier molecular flexibility index (Phi) is 9.15. The smallest absolute Gasteiger partial charge is 0.442 e. The molecular weight excluding hydrogens is 690 g/mol. The first kappa shape index (κ1) is 28.9. The molecule has 9 nitrogen and oxygen atoms in total. The van der Waals surface area contributed by atoms with Crippen LogP contribution >= 0.6 is 47.8 Å². The number of cyclic esters (lactones) is 1. The lowest BCUT2D eigenvalue weighted by molar-refractivity contribution is -0.176. The number of alkyl halides is 7. The molecule has 3 rings (SSSR count). The van der Waals surface area contributed by atoms with Gasteiger partial charge < -0.3 is 20.3 Å². The Morgan fingerprint density at radius 1 is 1.11 bits per heavy atom. The molecule has 0 aliphatic carbocycles. The minimum absolute atomic E-state index is 0.000445. The van der Waals surface area contributed by atoms with E-state index in [2.05, 4.69) is 53.1 Å². The summed E-state index contributed by atoms with van der Waals surface area (Å²) in [4.78, 5) is 39.0. The molecule has 2 N–H and O–H groups in total. The molecule has 1 aromatic carbocycles. The lowest BCUT2D eigenvalue weighted by Crippen LogP contribution is -2.64. The normalized spacial score (nSPS) is 22.3. The highest BCUT2D eigenvalue weighted by molar-refractivity contribution is 9.39. The van der Waals surface area contributed by atoms with E-state index < -0.39 is 38.9 Å². The number of hydrogen-bond donors (Lipinski definition) is 2. The van der Waals surface area contributed by atoms with Gasteiger partial charge in [0.25, 0.3) is 0 Å². The van der Waals surface area contributed by atoms with Crippen molar-refractivity contribution in [3.8, 4) is 0 Å². The average molecular weight is 712 g/mol. The molecule has 2 aliphatic rings. The Morgan fingerprint density at radius 2 is 1.72 bits per heavy atom. The second kappa shape index (κ2) is 11.4. The molecule has 0 spiro atoms. The largest absolute Gasteiger partial charge is 0.471 e. The Labute approximate surface area is 229 Å². The van der Waals surface area contributed by atoms with Gasteiger partial charge in [0.1, 0.15) is 12.3 Å². The maximum absolute atomic E-state index is 15.1. The zero-order chi connectivity index (χ0) is 26.8. The number of nitrogens with one attached hydrogen (secondary N) is 2. The maximum atomic E-state index is 15.1. The highest BCUT2D eigenvalue weighted by Crippen LogP contribution is 2.40. The third-order valence-corrected chi connectivity index (χ3v) is 6.81. The van der Waals surface area contributed by atoms with Gasteiger partial charge in [-0.25, -0.2) is 14.1 Å². The van der Waals surface area contributed by atoms with Crippen molar-refractivity contribution in [3.63, 3.8) is 0 Å². The minimum atomic E-state index is -5.13. The molecule has 16 heteroatoms. The van der Waals surface area contributed by atoms with Gasteiger partial charge in [-0.3, -0.25) is 14.5 Å². The van der Waals surface area contributed by atoms with Crippen LogP contribution in [0.5, 0.6) is 0 Å². The first-order valence-electron chi connectivity index (χ1n) is 10.6. The second-order valence-electron chi connectivity index (χ2n) is 8.10. The summed E-state index contributed by atoms with van der Waals surface area (Å²) in [5.41, 5.74) is 1.20. The molecule has 36 heavy (non-hydrogen) atoms. The fraction of sp³-hybridized carbons (Fsp3) is 0.550. The molecule has 2 fully saturated rings. The Bertz CT molecular complexity index is 980. The van der Waals surface area contributed by atoms with Gasteiger partial charge >= 0.3 is 18.2 Å². The van der Waals surface area contributed by atoms with Crippen molar-refractivity contribution in [1.82, 2.24) is 15.5 Å². The topological polar surface area (TPSA) is 94.2 Å². The lowest BCUT2D eigenvalue weighted by Gasteiger charge is -2.44. The van der Waals surface area contributed by atoms with Crippen LogP contribution in [0.3, 0.4) is 0 Å². The van der Waals surface area contributed by atoms with Gasteiger partial charge in [-0.1, -0.05) is 47.8 Å². The number of halogens is 7. The molecule has 3 amide bonds. The quantitative estimate of drug-likeness (QED) is 0.267. The van der Waals surface area contributed by atoms with Crippen LogP contribution in [0.15, 0.2) is 24.3 Å². The summed E-state index contributed by atoms with van der Waals surface area (Å²) in [6.45, 7) is 1.89. The molecule has 3 atom stereocenters. The van der Waals surface area contributed by atoms with E-state index in [-0.39, 0.29) is 38.6 Å². The number of nitrogens with zero attached hydrogens (tertiary/aromatic N) is 3. The molecule has 1 aromatic rings. The molecule has 200 valence electrons. The molecule has 1 unspecified atom stereocenters. The number of amides is 3. The van der Waals surface area contributed by atoms with Crippen LogP contribution in [-0.2, 0) is 14.3 Å². The third-order valence-electron chi connectivity index (χ3n) is 5.51. The number of anilines is 2. The van der Waals surface area contributed by atoms with Crippen molar-refractivity contribution in [2.45, 2.75) is 33.8 Å². The van der Waals surface area contributed by atoms with Gasteiger partial charge in [0.15, 0.2) is 8.44 Å². The van der Waals surface area contributed by atoms with E-state index in [1.807, 2.05) is 0 Å². The van der Waals surface area contributed by atoms with Crippen molar-refractivity contribution in [1.29, 1.82) is 0 Å². The van der Waals surface area contributed by atoms with Gasteiger partial charge in [0, 0.05) is 31.4 Å². The summed E-state index contributed by atoms with van der Waals surface area (Å²) in [7, 11) is 0. The number of piperazine rings is 1. The first-order chi connectivity index (χ1) is 16.7. The summed E-state index contributed by atoms with van der Waals surface area (Å²) in [5, 5.41) is 4.40. The van der Waals surface area contributed by atoms with Crippen LogP contribution < -0.4 is 20.4 Å². The van der Waals surface area contributed by atoms with E-state index in [4.69, 9.17) is 4.74 Å². The molecule has 0 bridgehead atoms. The fourth-order valence-electron chi connectivity index (χ4n) is 3.78. The molecule has 2 heterocycles. The monoisotopic (exact) mass is 709 g/mol. The minimum Gasteiger partial charge on any atom is -0.442 e. The summed E-state index contributed by atoms with van der Waals surface area (Å²) >= 11 is 9.29. The van der Waals surface area contributed by atoms with E-state index >= 15 is 4.39 Å². The van der Waals surface area contributed by atoms with Gasteiger partial charge in [-0.2, -0.15) is 13.2 Å². The van der Waals surface area contributed by atoms with Crippen molar-refractivity contribution in [3.05, 3.63) is 24.3 Å². The van der Waals surface area contributed by atoms with Crippen molar-refractivity contribution < 1.29 is 36.7 Å². The van der Waals surface area contributed by atoms with Gasteiger partial charge in [-0.15, -0.1) is 0 Å². The highest BCUT2D eigenvalue weighted by atomic mass is 80.0. The van der Waals surface area contributed by atoms with E-state index in [0.29, 0.717) is 11.4 Å². The summed E-state index contributed by atoms with van der Waals surface area (Å²) < 4.78 is 57.3. The SMILES string of the molecule is CC(=O)NCC1CN(c2ccc(N3CCN([C@@H](NC(=O)C(F)(F)F)C(Br)(Br)Br)[C@@H](F)C3)cc2)C(=O)O1. The van der Waals surface area contributed by atoms with E-state index in [1.54, 1.807) is 34.5 Å². The molecule has 2 aliphatic heterocycles. The molecule has 0 radical (unpaired) electrons. The number of benzene rings is 1. The van der Waals surface area contributed by atoms with E-state index in [9.17, 15) is 27.6 Å². The number of carbonyl (C=O) groups excluding carboxylic acids is 3. The van der Waals surface area contributed by atoms with Crippen LogP contribution in [0.2, 0.25) is 0 Å². The van der Waals surface area contributed by atoms with Crippen LogP contribution in [0.25, 0.3) is 0 Å². The number of carbonyl (C=O) groups is 3. The number of ether oxygens (including phenoxy) is 1. The number of hydrogen-bond acceptors (Lipinski definition) is 6. The summed E-state index contributed by atoms with van der Waals surface area (Å²) in [5.74, 6) is -2.43. The van der Waals surface area contributed by atoms with Gasteiger partial charge in [0.2, 0.25) is 5.91 Å². The molecule has 2 saturated heterocycles. The van der Waals surface area contributed by atoms with E-state index in [1.165, 1.54) is 11.8 Å². The van der Waals surface area contributed by atoms with Crippen molar-refractivity contribution >= 4 is 77.1 Å². The first-order valence-corrected chi connectivity index (χ1v) is 13.0. The predicted molar refractivity (Wildman–Crippen MR) is 134 cm³/mol. The van der Waals surface area contributed by atoms with Crippen molar-refractivity contribution in [2.75, 3.05) is 42.5 Å². The lowest BCUT2D eigenvalue weighted by atomic mass is 10.2. The average Bonchev–Trinajstić information content (AvgIpc) is 3.15. The molecule has 0 saturated carbocycles. The highest BCUT2D eigenvalue weighted by Gasteiger charge is 2.47. The summed E-state index contributed by atoms with van der Waals surface area (Å²) in [6, 6.07) is 6.73. The van der Waals surface area contributed by atoms with E-state index in [0.717, 1.165) is 4.90 Å². The zero-order valence-electron chi connectivity index (χ0n) is 18.7. The van der Waals surface area contributed by atoms with Crippen LogP contribution in [-0.4, -0.2) is 82.4 Å². The van der Waals surface area contributed by atoms with Crippen LogP contribution in [0, 0.1) is 0 Å². The number of rotatable bonds is 6. The van der Waals surface area contributed by atoms with Gasteiger partial charge in [0.05, 0.1) is 19.6 Å². The van der Waals surface area contributed by atoms with Gasteiger partial charge in [-0.05, 0) is 24.3 Å². The Balaban J connectivity index is 1.64. The van der Waals surface area contributed by atoms with Crippen molar-refractivity contribution in [2.24, 2.45) is 0 Å². The second-order valence-corrected chi connectivity index (χ2v) is 15.0. The fourth-order valence-corrected chi connectivity index (χ4v) is 4.91. The zero-order valence-corrected chi connectivity index (χ0v) is 23.5. The summed E-state index contributed by atoms with van der Waals surface area (Å²) in [6.07, 6.45) is -9.29. The predicted octanol–water partition coefficient (Wildman–Crippen LogP) is 3.41. The standard InChI is InChI=1S/C20H22Br3F4N5O4/c1-11(33)28-8-14-9-32(18(35)36-14)13-4-2-12(3-5-13)30-6-7-31(15(24)10-30)16(19(21,22)23)29-17(34)20(25,26)27/h2-5,14-16H,6-10H2,1H3,(H,28,33)(H,29,34)/t14?,15-,16-/m1/s1. The Hall–Kier alpha value is -1.65. The Morgan fingerprint density at radius 3 is 2.25 bits per heavy atom.